The number of ether oxygens (including phenoxy) is 1. The third kappa shape index (κ3) is 3.96. The van der Waals surface area contributed by atoms with Crippen LogP contribution in [0.5, 0.6) is 0 Å². The SMILES string of the molecule is CCOC(=O)CNC(=O)NCn1c(=O)[nH]c2ccccc2c1=O. The van der Waals surface area contributed by atoms with Crippen LogP contribution in [0.3, 0.4) is 0 Å². The molecule has 122 valence electrons. The summed E-state index contributed by atoms with van der Waals surface area (Å²) >= 11 is 0. The minimum Gasteiger partial charge on any atom is -0.465 e. The summed E-state index contributed by atoms with van der Waals surface area (Å²) in [5.74, 6) is -0.580. The molecule has 0 aliphatic heterocycles. The standard InChI is InChI=1S/C14H16N4O5/c1-2-23-11(19)7-15-13(21)16-8-18-12(20)9-5-3-4-6-10(9)17-14(18)22/h3-6H,2,7-8H2,1H3,(H,17,22)(H2,15,16,21). The van der Waals surface area contributed by atoms with Crippen molar-refractivity contribution in [1.29, 1.82) is 0 Å². The minimum atomic E-state index is -0.697. The van der Waals surface area contributed by atoms with E-state index in [1.54, 1.807) is 31.2 Å². The Kier molecular flexibility index (Phi) is 5.13. The Labute approximate surface area is 130 Å². The summed E-state index contributed by atoms with van der Waals surface area (Å²) in [6.07, 6.45) is 0. The second-order valence-electron chi connectivity index (χ2n) is 4.53. The van der Waals surface area contributed by atoms with Crippen LogP contribution < -0.4 is 21.9 Å². The van der Waals surface area contributed by atoms with E-state index in [1.165, 1.54) is 0 Å². The number of hydrogen-bond donors (Lipinski definition) is 3. The van der Waals surface area contributed by atoms with E-state index in [0.29, 0.717) is 10.9 Å². The van der Waals surface area contributed by atoms with Gasteiger partial charge in [-0.15, -0.1) is 0 Å². The van der Waals surface area contributed by atoms with Gasteiger partial charge >= 0.3 is 17.7 Å². The average molecular weight is 320 g/mol. The molecule has 1 aromatic carbocycles. The van der Waals surface area contributed by atoms with Crippen LogP contribution in [0.25, 0.3) is 10.9 Å². The lowest BCUT2D eigenvalue weighted by Gasteiger charge is -2.09. The van der Waals surface area contributed by atoms with Crippen molar-refractivity contribution in [3.8, 4) is 0 Å². The van der Waals surface area contributed by atoms with Gasteiger partial charge in [0.15, 0.2) is 0 Å². The molecule has 9 heteroatoms. The zero-order valence-electron chi connectivity index (χ0n) is 12.4. The zero-order valence-corrected chi connectivity index (χ0v) is 12.4. The molecule has 0 radical (unpaired) electrons. The van der Waals surface area contributed by atoms with Crippen molar-refractivity contribution in [2.75, 3.05) is 13.2 Å². The average Bonchev–Trinajstić information content (AvgIpc) is 2.53. The second kappa shape index (κ2) is 7.25. The predicted octanol–water partition coefficient (Wildman–Crippen LogP) is -0.490. The number of urea groups is 1. The fourth-order valence-electron chi connectivity index (χ4n) is 1.92. The van der Waals surface area contributed by atoms with Crippen molar-refractivity contribution in [2.24, 2.45) is 0 Å². The van der Waals surface area contributed by atoms with Gasteiger partial charge in [0.25, 0.3) is 5.56 Å². The fourth-order valence-corrected chi connectivity index (χ4v) is 1.92. The molecule has 0 fully saturated rings. The smallest absolute Gasteiger partial charge is 0.330 e. The summed E-state index contributed by atoms with van der Waals surface area (Å²) < 4.78 is 5.50. The first-order valence-electron chi connectivity index (χ1n) is 6.92. The molecule has 0 aliphatic carbocycles. The Bertz CT molecular complexity index is 839. The summed E-state index contributed by atoms with van der Waals surface area (Å²) in [6, 6.07) is 5.86. The lowest BCUT2D eigenvalue weighted by molar-refractivity contribution is -0.141. The van der Waals surface area contributed by atoms with Crippen LogP contribution in [-0.2, 0) is 16.2 Å². The number of aromatic amines is 1. The maximum absolute atomic E-state index is 12.2. The molecule has 0 saturated carbocycles. The van der Waals surface area contributed by atoms with Crippen molar-refractivity contribution in [1.82, 2.24) is 20.2 Å². The van der Waals surface area contributed by atoms with Gasteiger partial charge in [-0.25, -0.2) is 14.2 Å². The summed E-state index contributed by atoms with van der Waals surface area (Å²) in [7, 11) is 0. The highest BCUT2D eigenvalue weighted by Crippen LogP contribution is 2.02. The summed E-state index contributed by atoms with van der Waals surface area (Å²) in [5.41, 5.74) is -0.736. The number of hydrogen-bond acceptors (Lipinski definition) is 5. The van der Waals surface area contributed by atoms with E-state index in [2.05, 4.69) is 20.4 Å². The number of esters is 1. The molecule has 1 heterocycles. The molecular formula is C14H16N4O5. The van der Waals surface area contributed by atoms with Gasteiger partial charge in [-0.1, -0.05) is 12.1 Å². The molecule has 9 nitrogen and oxygen atoms in total. The molecular weight excluding hydrogens is 304 g/mol. The third-order valence-corrected chi connectivity index (χ3v) is 2.99. The first-order chi connectivity index (χ1) is 11.0. The molecule has 0 saturated heterocycles. The van der Waals surface area contributed by atoms with Crippen LogP contribution in [0.4, 0.5) is 4.79 Å². The van der Waals surface area contributed by atoms with Crippen LogP contribution in [0.2, 0.25) is 0 Å². The molecule has 1 aromatic heterocycles. The van der Waals surface area contributed by atoms with E-state index in [1.807, 2.05) is 0 Å². The lowest BCUT2D eigenvalue weighted by atomic mass is 10.2. The van der Waals surface area contributed by atoms with Crippen molar-refractivity contribution in [3.05, 3.63) is 45.1 Å². The number of benzene rings is 1. The molecule has 2 rings (SSSR count). The number of amides is 2. The van der Waals surface area contributed by atoms with Crippen LogP contribution in [0.1, 0.15) is 6.92 Å². The Hall–Kier alpha value is -3.10. The Morgan fingerprint density at radius 2 is 1.96 bits per heavy atom. The number of H-pyrrole nitrogens is 1. The molecule has 2 amide bonds. The largest absolute Gasteiger partial charge is 0.465 e. The number of carbonyl (C=O) groups is 2. The maximum Gasteiger partial charge on any atom is 0.330 e. The van der Waals surface area contributed by atoms with Crippen molar-refractivity contribution in [2.45, 2.75) is 13.6 Å². The van der Waals surface area contributed by atoms with Crippen LogP contribution in [0, 0.1) is 0 Å². The van der Waals surface area contributed by atoms with Gasteiger partial charge in [0, 0.05) is 0 Å². The summed E-state index contributed by atoms with van der Waals surface area (Å²) in [5, 5.41) is 4.92. The molecule has 0 unspecified atom stereocenters. The van der Waals surface area contributed by atoms with Crippen molar-refractivity contribution < 1.29 is 14.3 Å². The molecule has 0 bridgehead atoms. The van der Waals surface area contributed by atoms with Gasteiger partial charge in [0.1, 0.15) is 13.2 Å². The molecule has 3 N–H and O–H groups in total. The minimum absolute atomic E-state index is 0.212. The van der Waals surface area contributed by atoms with Crippen LogP contribution in [0.15, 0.2) is 33.9 Å². The molecule has 0 atom stereocenters. The van der Waals surface area contributed by atoms with Crippen LogP contribution in [-0.4, -0.2) is 34.7 Å². The summed E-state index contributed by atoms with van der Waals surface area (Å²) in [4.78, 5) is 49.3. The van der Waals surface area contributed by atoms with Gasteiger partial charge in [0.2, 0.25) is 0 Å². The number of nitrogens with zero attached hydrogens (tertiary/aromatic N) is 1. The number of para-hydroxylation sites is 1. The van der Waals surface area contributed by atoms with Crippen molar-refractivity contribution >= 4 is 22.9 Å². The highest BCUT2D eigenvalue weighted by molar-refractivity contribution is 5.80. The lowest BCUT2D eigenvalue weighted by Crippen LogP contribution is -2.45. The maximum atomic E-state index is 12.2. The monoisotopic (exact) mass is 320 g/mol. The first-order valence-corrected chi connectivity index (χ1v) is 6.92. The number of carbonyl (C=O) groups excluding carboxylic acids is 2. The van der Waals surface area contributed by atoms with Gasteiger partial charge in [-0.05, 0) is 19.1 Å². The second-order valence-corrected chi connectivity index (χ2v) is 4.53. The first kappa shape index (κ1) is 16.3. The van der Waals surface area contributed by atoms with Gasteiger partial charge in [-0.3, -0.25) is 9.59 Å². The normalized spacial score (nSPS) is 10.3. The molecule has 0 spiro atoms. The van der Waals surface area contributed by atoms with E-state index >= 15 is 0 Å². The Morgan fingerprint density at radius 3 is 2.70 bits per heavy atom. The number of nitrogens with one attached hydrogen (secondary N) is 3. The zero-order chi connectivity index (χ0) is 16.8. The number of aromatic nitrogens is 2. The highest BCUT2D eigenvalue weighted by Gasteiger charge is 2.09. The Balaban J connectivity index is 2.05. The van der Waals surface area contributed by atoms with Gasteiger partial charge in [-0.2, -0.15) is 0 Å². The van der Waals surface area contributed by atoms with Crippen LogP contribution >= 0.6 is 0 Å². The van der Waals surface area contributed by atoms with E-state index < -0.39 is 23.2 Å². The molecule has 23 heavy (non-hydrogen) atoms. The van der Waals surface area contributed by atoms with Crippen molar-refractivity contribution in [3.63, 3.8) is 0 Å². The van der Waals surface area contributed by atoms with E-state index in [0.717, 1.165) is 4.57 Å². The Morgan fingerprint density at radius 1 is 1.22 bits per heavy atom. The molecule has 0 aliphatic rings. The topological polar surface area (TPSA) is 122 Å². The predicted molar refractivity (Wildman–Crippen MR) is 82.0 cm³/mol. The molecule has 2 aromatic rings. The van der Waals surface area contributed by atoms with E-state index in [4.69, 9.17) is 0 Å². The quantitative estimate of drug-likeness (QED) is 0.642. The van der Waals surface area contributed by atoms with E-state index in [9.17, 15) is 19.2 Å². The fraction of sp³-hybridized carbons (Fsp3) is 0.286. The third-order valence-electron chi connectivity index (χ3n) is 2.99. The van der Waals surface area contributed by atoms with Gasteiger partial charge in [0.05, 0.1) is 17.5 Å². The number of fused-ring (bicyclic) bond motifs is 1. The number of rotatable bonds is 5. The van der Waals surface area contributed by atoms with Gasteiger partial charge < -0.3 is 20.4 Å². The highest BCUT2D eigenvalue weighted by atomic mass is 16.5. The van der Waals surface area contributed by atoms with E-state index in [-0.39, 0.29) is 19.8 Å². The summed E-state index contributed by atoms with van der Waals surface area (Å²) in [6.45, 7) is 1.23.